The standard InChI is InChI=1S/C13H28N.HI/c1-13(2,3)11-7-9-12(10-8-11)14(4,5)6;/h11-12H,7-10H2,1-6H3;1H/q+1;/p-1. The molecule has 1 fully saturated rings. The molecule has 0 spiro atoms. The summed E-state index contributed by atoms with van der Waals surface area (Å²) in [7, 11) is 7.01. The summed E-state index contributed by atoms with van der Waals surface area (Å²) in [6, 6.07) is 0.897. The first kappa shape index (κ1) is 15.7. The molecule has 0 atom stereocenters. The van der Waals surface area contributed by atoms with E-state index >= 15 is 0 Å². The summed E-state index contributed by atoms with van der Waals surface area (Å²) in [6.07, 6.45) is 5.71. The van der Waals surface area contributed by atoms with E-state index in [1.165, 1.54) is 25.7 Å². The van der Waals surface area contributed by atoms with Gasteiger partial charge in [0.25, 0.3) is 0 Å². The molecule has 0 heterocycles. The summed E-state index contributed by atoms with van der Waals surface area (Å²) in [5, 5.41) is 0. The van der Waals surface area contributed by atoms with Crippen molar-refractivity contribution in [3.8, 4) is 0 Å². The minimum Gasteiger partial charge on any atom is -1.00 e. The fourth-order valence-electron chi connectivity index (χ4n) is 2.72. The number of halogens is 1. The van der Waals surface area contributed by atoms with Gasteiger partial charge >= 0.3 is 0 Å². The lowest BCUT2D eigenvalue weighted by atomic mass is 9.71. The van der Waals surface area contributed by atoms with Crippen LogP contribution in [0.4, 0.5) is 0 Å². The second-order valence-electron chi connectivity index (χ2n) is 6.99. The van der Waals surface area contributed by atoms with E-state index in [0.717, 1.165) is 16.4 Å². The molecule has 1 rings (SSSR count). The summed E-state index contributed by atoms with van der Waals surface area (Å²) < 4.78 is 1.15. The smallest absolute Gasteiger partial charge is 0.0884 e. The highest BCUT2D eigenvalue weighted by atomic mass is 127. The van der Waals surface area contributed by atoms with Gasteiger partial charge in [0.1, 0.15) is 0 Å². The second-order valence-corrected chi connectivity index (χ2v) is 6.99. The molecule has 1 aliphatic rings. The molecule has 0 N–H and O–H groups in total. The average molecular weight is 325 g/mol. The van der Waals surface area contributed by atoms with Crippen LogP contribution in [-0.4, -0.2) is 31.7 Å². The lowest BCUT2D eigenvalue weighted by molar-refractivity contribution is -0.897. The van der Waals surface area contributed by atoms with E-state index in [-0.39, 0.29) is 24.0 Å². The van der Waals surface area contributed by atoms with E-state index in [4.69, 9.17) is 0 Å². The first-order valence-corrected chi connectivity index (χ1v) is 6.02. The topological polar surface area (TPSA) is 0 Å². The van der Waals surface area contributed by atoms with Gasteiger partial charge in [-0.15, -0.1) is 0 Å². The maximum absolute atomic E-state index is 2.39. The molecule has 15 heavy (non-hydrogen) atoms. The van der Waals surface area contributed by atoms with E-state index in [1.807, 2.05) is 0 Å². The van der Waals surface area contributed by atoms with Crippen molar-refractivity contribution in [2.45, 2.75) is 52.5 Å². The maximum atomic E-state index is 2.39. The van der Waals surface area contributed by atoms with Crippen molar-refractivity contribution in [3.63, 3.8) is 0 Å². The molecule has 1 nitrogen and oxygen atoms in total. The third kappa shape index (κ3) is 4.59. The van der Waals surface area contributed by atoms with Gasteiger partial charge in [-0.25, -0.2) is 0 Å². The zero-order chi connectivity index (χ0) is 11.0. The molecular formula is C13H28IN. The normalized spacial score (nSPS) is 28.4. The molecule has 1 saturated carbocycles. The van der Waals surface area contributed by atoms with Gasteiger partial charge in [0, 0.05) is 0 Å². The summed E-state index contributed by atoms with van der Waals surface area (Å²) >= 11 is 0. The van der Waals surface area contributed by atoms with Crippen LogP contribution < -0.4 is 24.0 Å². The van der Waals surface area contributed by atoms with Crippen LogP contribution in [-0.2, 0) is 0 Å². The second kappa shape index (κ2) is 5.35. The fraction of sp³-hybridized carbons (Fsp3) is 1.00. The minimum absolute atomic E-state index is 0. The first-order valence-electron chi connectivity index (χ1n) is 6.02. The molecule has 0 unspecified atom stereocenters. The Morgan fingerprint density at radius 2 is 1.27 bits per heavy atom. The van der Waals surface area contributed by atoms with Crippen LogP contribution >= 0.6 is 0 Å². The Labute approximate surface area is 113 Å². The Kier molecular flexibility index (Phi) is 5.59. The van der Waals surface area contributed by atoms with Crippen LogP contribution in [0.3, 0.4) is 0 Å². The van der Waals surface area contributed by atoms with Gasteiger partial charge in [0.2, 0.25) is 0 Å². The molecule has 0 bridgehead atoms. The monoisotopic (exact) mass is 325 g/mol. The number of rotatable bonds is 1. The van der Waals surface area contributed by atoms with Crippen LogP contribution in [0.2, 0.25) is 0 Å². The summed E-state index contributed by atoms with van der Waals surface area (Å²) in [4.78, 5) is 0. The molecule has 2 heteroatoms. The third-order valence-electron chi connectivity index (χ3n) is 4.02. The van der Waals surface area contributed by atoms with Crippen molar-refractivity contribution in [2.24, 2.45) is 11.3 Å². The van der Waals surface area contributed by atoms with Crippen molar-refractivity contribution in [1.29, 1.82) is 0 Å². The Balaban J connectivity index is 0.00000196. The zero-order valence-electron chi connectivity index (χ0n) is 11.3. The lowest BCUT2D eigenvalue weighted by Crippen LogP contribution is -3.00. The van der Waals surface area contributed by atoms with Crippen molar-refractivity contribution >= 4 is 0 Å². The van der Waals surface area contributed by atoms with Crippen molar-refractivity contribution in [1.82, 2.24) is 0 Å². The van der Waals surface area contributed by atoms with Gasteiger partial charge in [0.15, 0.2) is 0 Å². The summed E-state index contributed by atoms with van der Waals surface area (Å²) in [5.74, 6) is 0.949. The zero-order valence-corrected chi connectivity index (χ0v) is 13.5. The van der Waals surface area contributed by atoms with Crippen molar-refractivity contribution in [3.05, 3.63) is 0 Å². The fourth-order valence-corrected chi connectivity index (χ4v) is 2.72. The van der Waals surface area contributed by atoms with Gasteiger partial charge in [-0.3, -0.25) is 0 Å². The van der Waals surface area contributed by atoms with Gasteiger partial charge in [0.05, 0.1) is 27.2 Å². The molecule has 0 aliphatic heterocycles. The molecule has 0 amide bonds. The van der Waals surface area contributed by atoms with Crippen LogP contribution in [0.15, 0.2) is 0 Å². The molecule has 0 aromatic rings. The molecule has 0 aromatic carbocycles. The highest BCUT2D eigenvalue weighted by Crippen LogP contribution is 2.39. The summed E-state index contributed by atoms with van der Waals surface area (Å²) in [5.41, 5.74) is 0.524. The maximum Gasteiger partial charge on any atom is 0.0884 e. The Hall–Kier alpha value is 0.690. The van der Waals surface area contributed by atoms with E-state index in [0.29, 0.717) is 5.41 Å². The van der Waals surface area contributed by atoms with Gasteiger partial charge < -0.3 is 28.5 Å². The molecule has 1 aliphatic carbocycles. The predicted octanol–water partition coefficient (Wildman–Crippen LogP) is 0.302. The van der Waals surface area contributed by atoms with E-state index < -0.39 is 0 Å². The van der Waals surface area contributed by atoms with E-state index in [9.17, 15) is 0 Å². The van der Waals surface area contributed by atoms with Crippen molar-refractivity contribution in [2.75, 3.05) is 21.1 Å². The first-order chi connectivity index (χ1) is 6.21. The van der Waals surface area contributed by atoms with Crippen LogP contribution in [0.25, 0.3) is 0 Å². The molecule has 0 aromatic heterocycles. The largest absolute Gasteiger partial charge is 1.00 e. The molecule has 0 saturated heterocycles. The average Bonchev–Trinajstić information content (AvgIpc) is 2.01. The quantitative estimate of drug-likeness (QED) is 0.481. The van der Waals surface area contributed by atoms with Gasteiger partial charge in [-0.2, -0.15) is 0 Å². The van der Waals surface area contributed by atoms with Crippen LogP contribution in [0.1, 0.15) is 46.5 Å². The summed E-state index contributed by atoms with van der Waals surface area (Å²) in [6.45, 7) is 7.18. The predicted molar refractivity (Wildman–Crippen MR) is 63.2 cm³/mol. The minimum atomic E-state index is 0. The number of hydrogen-bond donors (Lipinski definition) is 0. The van der Waals surface area contributed by atoms with Gasteiger partial charge in [-0.1, -0.05) is 20.8 Å². The van der Waals surface area contributed by atoms with Gasteiger partial charge in [-0.05, 0) is 37.0 Å². The van der Waals surface area contributed by atoms with Crippen LogP contribution in [0, 0.1) is 11.3 Å². The third-order valence-corrected chi connectivity index (χ3v) is 4.02. The van der Waals surface area contributed by atoms with Crippen molar-refractivity contribution < 1.29 is 28.5 Å². The Bertz CT molecular complexity index is 158. The SMILES string of the molecule is CC(C)(C)C1CCC([N+](C)(C)C)CC1.[I-]. The lowest BCUT2D eigenvalue weighted by Gasteiger charge is -2.42. The van der Waals surface area contributed by atoms with E-state index in [1.54, 1.807) is 0 Å². The number of quaternary nitrogens is 1. The number of nitrogens with zero attached hydrogens (tertiary/aromatic N) is 1. The molecular weight excluding hydrogens is 297 g/mol. The van der Waals surface area contributed by atoms with Crippen LogP contribution in [0.5, 0.6) is 0 Å². The molecule has 92 valence electrons. The van der Waals surface area contributed by atoms with E-state index in [2.05, 4.69) is 41.9 Å². The number of hydrogen-bond acceptors (Lipinski definition) is 0. The highest BCUT2D eigenvalue weighted by molar-refractivity contribution is 4.80. The Morgan fingerprint density at radius 1 is 0.867 bits per heavy atom. The molecule has 0 radical (unpaired) electrons. The highest BCUT2D eigenvalue weighted by Gasteiger charge is 2.34. The Morgan fingerprint density at radius 3 is 1.53 bits per heavy atom.